The summed E-state index contributed by atoms with van der Waals surface area (Å²) in [5.41, 5.74) is 4.98. The number of carboxylic acids is 1. The van der Waals surface area contributed by atoms with Crippen molar-refractivity contribution in [1.29, 1.82) is 0 Å². The zero-order valence-electron chi connectivity index (χ0n) is 14.0. The first-order valence-electron chi connectivity index (χ1n) is 8.15. The molecule has 1 N–H and O–H groups in total. The summed E-state index contributed by atoms with van der Waals surface area (Å²) < 4.78 is 0. The summed E-state index contributed by atoms with van der Waals surface area (Å²) in [5, 5.41) is 9.39. The second-order valence-corrected chi connectivity index (χ2v) is 6.45. The molecular formula is C20H21NO3. The largest absolute Gasteiger partial charge is 0.481 e. The summed E-state index contributed by atoms with van der Waals surface area (Å²) >= 11 is 0. The molecule has 0 fully saturated rings. The molecule has 2 aromatic carbocycles. The summed E-state index contributed by atoms with van der Waals surface area (Å²) in [6.45, 7) is 4.32. The number of fused-ring (bicyclic) bond motifs is 1. The average Bonchev–Trinajstić information content (AvgIpc) is 2.92. The molecule has 0 saturated carbocycles. The number of carbonyl (C=O) groups excluding carboxylic acids is 1. The fourth-order valence-electron chi connectivity index (χ4n) is 3.45. The van der Waals surface area contributed by atoms with Crippen LogP contribution in [0.1, 0.15) is 34.6 Å². The molecule has 0 saturated heterocycles. The van der Waals surface area contributed by atoms with Crippen molar-refractivity contribution in [3.05, 3.63) is 64.7 Å². The van der Waals surface area contributed by atoms with E-state index in [1.807, 2.05) is 32.0 Å². The van der Waals surface area contributed by atoms with Crippen LogP contribution in [-0.4, -0.2) is 23.5 Å². The third-order valence-electron chi connectivity index (χ3n) is 4.48. The van der Waals surface area contributed by atoms with Gasteiger partial charge in [-0.25, -0.2) is 0 Å². The van der Waals surface area contributed by atoms with Gasteiger partial charge in [0.15, 0.2) is 0 Å². The van der Waals surface area contributed by atoms with E-state index in [0.717, 1.165) is 16.8 Å². The Balaban J connectivity index is 1.75. The van der Waals surface area contributed by atoms with Crippen LogP contribution >= 0.6 is 0 Å². The van der Waals surface area contributed by atoms with Crippen molar-refractivity contribution in [2.75, 3.05) is 11.4 Å². The molecule has 1 amide bonds. The number of anilines is 1. The standard InChI is InChI=1S/C20H21NO3/c1-13-9-14(2)11-15(10-13)7-8-19(22)21-12-17(20(23)24)16-5-3-4-6-18(16)21/h3-6,9-11,17H,7-8,12H2,1-2H3,(H,23,24). The van der Waals surface area contributed by atoms with Gasteiger partial charge < -0.3 is 10.0 Å². The zero-order chi connectivity index (χ0) is 17.3. The number of hydrogen-bond acceptors (Lipinski definition) is 2. The molecule has 1 aliphatic heterocycles. The van der Waals surface area contributed by atoms with Crippen molar-refractivity contribution in [2.24, 2.45) is 0 Å². The Kier molecular flexibility index (Phi) is 4.38. The second-order valence-electron chi connectivity index (χ2n) is 6.45. The Morgan fingerprint density at radius 3 is 2.46 bits per heavy atom. The third kappa shape index (κ3) is 3.18. The van der Waals surface area contributed by atoms with Crippen molar-refractivity contribution in [3.8, 4) is 0 Å². The minimum atomic E-state index is -0.882. The van der Waals surface area contributed by atoms with Crippen LogP contribution in [0.4, 0.5) is 5.69 Å². The topological polar surface area (TPSA) is 57.6 Å². The summed E-state index contributed by atoms with van der Waals surface area (Å²) in [4.78, 5) is 25.7. The Hall–Kier alpha value is -2.62. The molecule has 1 heterocycles. The first-order valence-corrected chi connectivity index (χ1v) is 8.15. The molecule has 3 rings (SSSR count). The Morgan fingerprint density at radius 2 is 1.79 bits per heavy atom. The number of carbonyl (C=O) groups is 2. The lowest BCUT2D eigenvalue weighted by molar-refractivity contribution is -0.138. The molecule has 124 valence electrons. The van der Waals surface area contributed by atoms with E-state index in [0.29, 0.717) is 12.8 Å². The van der Waals surface area contributed by atoms with Crippen LogP contribution in [0.2, 0.25) is 0 Å². The van der Waals surface area contributed by atoms with E-state index in [1.54, 1.807) is 11.0 Å². The summed E-state index contributed by atoms with van der Waals surface area (Å²) in [7, 11) is 0. The van der Waals surface area contributed by atoms with E-state index < -0.39 is 11.9 Å². The number of hydrogen-bond donors (Lipinski definition) is 1. The van der Waals surface area contributed by atoms with Crippen molar-refractivity contribution >= 4 is 17.6 Å². The minimum Gasteiger partial charge on any atom is -0.481 e. The molecule has 24 heavy (non-hydrogen) atoms. The maximum absolute atomic E-state index is 12.7. The molecule has 0 aromatic heterocycles. The van der Waals surface area contributed by atoms with Crippen LogP contribution in [0, 0.1) is 13.8 Å². The quantitative estimate of drug-likeness (QED) is 0.937. The van der Waals surface area contributed by atoms with Gasteiger partial charge >= 0.3 is 5.97 Å². The molecule has 2 aromatic rings. The Labute approximate surface area is 141 Å². The van der Waals surface area contributed by atoms with Gasteiger partial charge in [0.25, 0.3) is 0 Å². The molecule has 1 atom stereocenters. The van der Waals surface area contributed by atoms with Gasteiger partial charge in [-0.1, -0.05) is 47.5 Å². The molecule has 1 aliphatic rings. The maximum Gasteiger partial charge on any atom is 0.312 e. The number of para-hydroxylation sites is 1. The predicted molar refractivity (Wildman–Crippen MR) is 93.4 cm³/mol. The van der Waals surface area contributed by atoms with Gasteiger partial charge in [-0.2, -0.15) is 0 Å². The van der Waals surface area contributed by atoms with Crippen LogP contribution in [0.15, 0.2) is 42.5 Å². The number of aliphatic carboxylic acids is 1. The van der Waals surface area contributed by atoms with E-state index in [2.05, 4.69) is 18.2 Å². The summed E-state index contributed by atoms with van der Waals surface area (Å²) in [5.74, 6) is -1.54. The molecule has 0 spiro atoms. The first kappa shape index (κ1) is 16.2. The van der Waals surface area contributed by atoms with Gasteiger partial charge in [-0.3, -0.25) is 9.59 Å². The van der Waals surface area contributed by atoms with E-state index >= 15 is 0 Å². The maximum atomic E-state index is 12.7. The van der Waals surface area contributed by atoms with Gasteiger partial charge in [0.1, 0.15) is 5.92 Å². The van der Waals surface area contributed by atoms with Crippen molar-refractivity contribution in [1.82, 2.24) is 0 Å². The normalized spacial score (nSPS) is 16.1. The Bertz CT molecular complexity index is 777. The number of rotatable bonds is 4. The number of benzene rings is 2. The van der Waals surface area contributed by atoms with Crippen LogP contribution in [0.25, 0.3) is 0 Å². The molecule has 1 unspecified atom stereocenters. The summed E-state index contributed by atoms with van der Waals surface area (Å²) in [6.07, 6.45) is 1.04. The highest BCUT2D eigenvalue weighted by molar-refractivity contribution is 5.99. The van der Waals surface area contributed by atoms with Gasteiger partial charge in [-0.15, -0.1) is 0 Å². The van der Waals surface area contributed by atoms with E-state index in [9.17, 15) is 14.7 Å². The van der Waals surface area contributed by atoms with Crippen LogP contribution in [0.3, 0.4) is 0 Å². The fourth-order valence-corrected chi connectivity index (χ4v) is 3.45. The molecular weight excluding hydrogens is 302 g/mol. The molecule has 0 bridgehead atoms. The smallest absolute Gasteiger partial charge is 0.312 e. The fraction of sp³-hybridized carbons (Fsp3) is 0.300. The number of aryl methyl sites for hydroxylation is 3. The zero-order valence-corrected chi connectivity index (χ0v) is 14.0. The molecule has 0 radical (unpaired) electrons. The van der Waals surface area contributed by atoms with Crippen LogP contribution in [0.5, 0.6) is 0 Å². The van der Waals surface area contributed by atoms with Crippen molar-refractivity contribution in [3.63, 3.8) is 0 Å². The van der Waals surface area contributed by atoms with Crippen LogP contribution < -0.4 is 4.90 Å². The SMILES string of the molecule is Cc1cc(C)cc(CCC(=O)N2CC(C(=O)O)c3ccccc32)c1. The highest BCUT2D eigenvalue weighted by Gasteiger charge is 2.35. The van der Waals surface area contributed by atoms with Crippen molar-refractivity contribution in [2.45, 2.75) is 32.6 Å². The van der Waals surface area contributed by atoms with Crippen molar-refractivity contribution < 1.29 is 14.7 Å². The monoisotopic (exact) mass is 323 g/mol. The van der Waals surface area contributed by atoms with E-state index in [-0.39, 0.29) is 12.5 Å². The van der Waals surface area contributed by atoms with Gasteiger partial charge in [0.05, 0.1) is 0 Å². The van der Waals surface area contributed by atoms with E-state index in [4.69, 9.17) is 0 Å². The van der Waals surface area contributed by atoms with Gasteiger partial charge in [0.2, 0.25) is 5.91 Å². The Morgan fingerprint density at radius 1 is 1.12 bits per heavy atom. The highest BCUT2D eigenvalue weighted by atomic mass is 16.4. The van der Waals surface area contributed by atoms with Gasteiger partial charge in [0, 0.05) is 18.7 Å². The first-order chi connectivity index (χ1) is 11.5. The third-order valence-corrected chi connectivity index (χ3v) is 4.48. The molecule has 0 aliphatic carbocycles. The number of carboxylic acid groups (broad SMARTS) is 1. The second kappa shape index (κ2) is 6.48. The minimum absolute atomic E-state index is 0.0228. The predicted octanol–water partition coefficient (Wildman–Crippen LogP) is 3.45. The lowest BCUT2D eigenvalue weighted by Gasteiger charge is -2.17. The lowest BCUT2D eigenvalue weighted by Crippen LogP contribution is -2.31. The average molecular weight is 323 g/mol. The molecule has 4 nitrogen and oxygen atoms in total. The number of nitrogens with zero attached hydrogens (tertiary/aromatic N) is 1. The number of amides is 1. The molecule has 4 heteroatoms. The van der Waals surface area contributed by atoms with E-state index in [1.165, 1.54) is 11.1 Å². The summed E-state index contributed by atoms with van der Waals surface area (Å²) in [6, 6.07) is 13.6. The highest BCUT2D eigenvalue weighted by Crippen LogP contribution is 2.36. The lowest BCUT2D eigenvalue weighted by atomic mass is 10.0. The van der Waals surface area contributed by atoms with Crippen LogP contribution in [-0.2, 0) is 16.0 Å². The van der Waals surface area contributed by atoms with Gasteiger partial charge in [-0.05, 0) is 37.5 Å².